The summed E-state index contributed by atoms with van der Waals surface area (Å²) in [7, 11) is 0. The molecule has 0 aliphatic rings. The van der Waals surface area contributed by atoms with Gasteiger partial charge in [0.1, 0.15) is 17.0 Å². The summed E-state index contributed by atoms with van der Waals surface area (Å²) in [4.78, 5) is 24.7. The average molecular weight is 346 g/mol. The van der Waals surface area contributed by atoms with Gasteiger partial charge in [-0.05, 0) is 38.5 Å². The molecule has 6 heteroatoms. The van der Waals surface area contributed by atoms with Crippen molar-refractivity contribution in [3.8, 4) is 0 Å². The molecule has 0 fully saturated rings. The molecule has 2 aromatic rings. The fourth-order valence-corrected chi connectivity index (χ4v) is 2.20. The third-order valence-corrected chi connectivity index (χ3v) is 3.85. The Bertz CT molecular complexity index is 804. The third-order valence-electron chi connectivity index (χ3n) is 3.85. The van der Waals surface area contributed by atoms with Gasteiger partial charge in [0.25, 0.3) is 0 Å². The molecule has 0 radical (unpaired) electrons. The number of carbonyl (C=O) groups excluding carboxylic acids is 2. The molecule has 2 rings (SSSR count). The zero-order valence-electron chi connectivity index (χ0n) is 14.3. The summed E-state index contributed by atoms with van der Waals surface area (Å²) in [6.45, 7) is 5.10. The fourth-order valence-electron chi connectivity index (χ4n) is 2.20. The number of aryl methyl sites for hydroxylation is 1. The predicted molar refractivity (Wildman–Crippen MR) is 91.8 cm³/mol. The van der Waals surface area contributed by atoms with Crippen LogP contribution in [0.2, 0.25) is 0 Å². The van der Waals surface area contributed by atoms with Crippen LogP contribution in [-0.4, -0.2) is 11.8 Å². The topological polar surface area (TPSA) is 58.2 Å². The van der Waals surface area contributed by atoms with E-state index in [-0.39, 0.29) is 12.2 Å². The first kappa shape index (κ1) is 18.6. The molecule has 2 amide bonds. The first-order valence-corrected chi connectivity index (χ1v) is 7.80. The van der Waals surface area contributed by atoms with Crippen LogP contribution >= 0.6 is 0 Å². The van der Waals surface area contributed by atoms with Gasteiger partial charge < -0.3 is 10.6 Å². The van der Waals surface area contributed by atoms with Crippen molar-refractivity contribution < 1.29 is 18.4 Å². The second-order valence-electron chi connectivity index (χ2n) is 6.38. The van der Waals surface area contributed by atoms with E-state index in [2.05, 4.69) is 10.6 Å². The molecule has 0 saturated carbocycles. The van der Waals surface area contributed by atoms with Crippen molar-refractivity contribution in [2.45, 2.75) is 27.3 Å². The van der Waals surface area contributed by atoms with Gasteiger partial charge in [-0.25, -0.2) is 8.78 Å². The summed E-state index contributed by atoms with van der Waals surface area (Å²) in [5.74, 6) is -2.82. The van der Waals surface area contributed by atoms with Crippen molar-refractivity contribution in [3.05, 3.63) is 65.2 Å². The number of carbonyl (C=O) groups is 2. The van der Waals surface area contributed by atoms with Gasteiger partial charge in [0, 0.05) is 12.6 Å². The lowest BCUT2D eigenvalue weighted by Crippen LogP contribution is -2.45. The molecule has 0 atom stereocenters. The Morgan fingerprint density at radius 1 is 1.04 bits per heavy atom. The summed E-state index contributed by atoms with van der Waals surface area (Å²) in [5, 5.41) is 5.03. The monoisotopic (exact) mass is 346 g/mol. The first-order valence-electron chi connectivity index (χ1n) is 7.80. The largest absolute Gasteiger partial charge is 0.351 e. The Balaban J connectivity index is 2.03. The van der Waals surface area contributed by atoms with E-state index in [9.17, 15) is 18.4 Å². The molecule has 0 unspecified atom stereocenters. The van der Waals surface area contributed by atoms with Crippen LogP contribution in [0.25, 0.3) is 0 Å². The van der Waals surface area contributed by atoms with Crippen molar-refractivity contribution in [2.24, 2.45) is 5.41 Å². The quantitative estimate of drug-likeness (QED) is 0.814. The second-order valence-corrected chi connectivity index (χ2v) is 6.38. The van der Waals surface area contributed by atoms with Crippen molar-refractivity contribution in [2.75, 3.05) is 5.32 Å². The number of benzene rings is 2. The molecular weight excluding hydrogens is 326 g/mol. The first-order chi connectivity index (χ1) is 11.7. The second kappa shape index (κ2) is 7.42. The molecule has 0 saturated heterocycles. The smallest absolute Gasteiger partial charge is 0.239 e. The van der Waals surface area contributed by atoms with Crippen LogP contribution in [0.3, 0.4) is 0 Å². The van der Waals surface area contributed by atoms with Crippen LogP contribution < -0.4 is 10.6 Å². The number of rotatable bonds is 5. The number of halogens is 2. The summed E-state index contributed by atoms with van der Waals surface area (Å²) in [6.07, 6.45) is 0. The Morgan fingerprint density at radius 2 is 1.76 bits per heavy atom. The maximum atomic E-state index is 13.7. The maximum Gasteiger partial charge on any atom is 0.239 e. The molecule has 0 heterocycles. The number of amides is 2. The Labute approximate surface area is 145 Å². The molecule has 0 spiro atoms. The highest BCUT2D eigenvalue weighted by atomic mass is 19.1. The minimum atomic E-state index is -1.43. The average Bonchev–Trinajstić information content (AvgIpc) is 2.55. The summed E-state index contributed by atoms with van der Waals surface area (Å²) >= 11 is 0. The molecule has 0 aliphatic heterocycles. The maximum absolute atomic E-state index is 13.7. The normalized spacial score (nSPS) is 11.1. The molecule has 0 aromatic heterocycles. The van der Waals surface area contributed by atoms with Crippen LogP contribution in [-0.2, 0) is 16.1 Å². The summed E-state index contributed by atoms with van der Waals surface area (Å²) in [5.41, 5.74) is 0.376. The molecule has 2 aromatic carbocycles. The highest BCUT2D eigenvalue weighted by molar-refractivity contribution is 6.09. The zero-order chi connectivity index (χ0) is 18.6. The number of nitrogens with one attached hydrogen (secondary N) is 2. The molecular formula is C19H20F2N2O2. The Hall–Kier alpha value is -2.76. The van der Waals surface area contributed by atoms with Crippen molar-refractivity contribution in [1.29, 1.82) is 0 Å². The van der Waals surface area contributed by atoms with Crippen LogP contribution in [0, 0.1) is 24.0 Å². The van der Waals surface area contributed by atoms with Crippen LogP contribution in [0.4, 0.5) is 14.5 Å². The molecule has 25 heavy (non-hydrogen) atoms. The van der Waals surface area contributed by atoms with Gasteiger partial charge in [-0.15, -0.1) is 0 Å². The van der Waals surface area contributed by atoms with Crippen molar-refractivity contribution in [1.82, 2.24) is 5.32 Å². The summed E-state index contributed by atoms with van der Waals surface area (Å²) in [6, 6.07) is 10.4. The zero-order valence-corrected chi connectivity index (χ0v) is 14.3. The van der Waals surface area contributed by atoms with Gasteiger partial charge in [-0.1, -0.05) is 29.8 Å². The van der Waals surface area contributed by atoms with E-state index in [1.54, 1.807) is 0 Å². The molecule has 132 valence electrons. The Morgan fingerprint density at radius 3 is 2.40 bits per heavy atom. The van der Waals surface area contributed by atoms with Crippen LogP contribution in [0.15, 0.2) is 42.5 Å². The SMILES string of the molecule is Cc1cccc(CNC(=O)C(C)(C)C(=O)Nc2ccc(F)cc2F)c1. The van der Waals surface area contributed by atoms with E-state index in [0.29, 0.717) is 6.07 Å². The van der Waals surface area contributed by atoms with Crippen molar-refractivity contribution >= 4 is 17.5 Å². The van der Waals surface area contributed by atoms with Gasteiger partial charge in [-0.3, -0.25) is 9.59 Å². The van der Waals surface area contributed by atoms with Gasteiger partial charge in [-0.2, -0.15) is 0 Å². The molecule has 4 nitrogen and oxygen atoms in total. The van der Waals surface area contributed by atoms with Gasteiger partial charge >= 0.3 is 0 Å². The molecule has 0 aliphatic carbocycles. The van der Waals surface area contributed by atoms with Gasteiger partial charge in [0.15, 0.2) is 0 Å². The highest BCUT2D eigenvalue weighted by Crippen LogP contribution is 2.21. The highest BCUT2D eigenvalue weighted by Gasteiger charge is 2.36. The molecule has 2 N–H and O–H groups in total. The third kappa shape index (κ3) is 4.62. The van der Waals surface area contributed by atoms with E-state index >= 15 is 0 Å². The Kier molecular flexibility index (Phi) is 5.51. The fraction of sp³-hybridized carbons (Fsp3) is 0.263. The van der Waals surface area contributed by atoms with E-state index in [1.165, 1.54) is 13.8 Å². The van der Waals surface area contributed by atoms with E-state index in [4.69, 9.17) is 0 Å². The molecule has 0 bridgehead atoms. The lowest BCUT2D eigenvalue weighted by molar-refractivity contribution is -0.138. The minimum absolute atomic E-state index is 0.175. The van der Waals surface area contributed by atoms with E-state index in [1.807, 2.05) is 31.2 Å². The van der Waals surface area contributed by atoms with Crippen molar-refractivity contribution in [3.63, 3.8) is 0 Å². The van der Waals surface area contributed by atoms with E-state index in [0.717, 1.165) is 23.3 Å². The number of hydrogen-bond donors (Lipinski definition) is 2. The van der Waals surface area contributed by atoms with Gasteiger partial charge in [0.2, 0.25) is 11.8 Å². The number of anilines is 1. The lowest BCUT2D eigenvalue weighted by Gasteiger charge is -2.23. The van der Waals surface area contributed by atoms with Crippen LogP contribution in [0.5, 0.6) is 0 Å². The standard InChI is InChI=1S/C19H20F2N2O2/c1-12-5-4-6-13(9-12)11-22-17(24)19(2,3)18(25)23-16-8-7-14(20)10-15(16)21/h4-10H,11H2,1-3H3,(H,22,24)(H,23,25). The van der Waals surface area contributed by atoms with Gasteiger partial charge in [0.05, 0.1) is 5.69 Å². The van der Waals surface area contributed by atoms with Crippen LogP contribution in [0.1, 0.15) is 25.0 Å². The minimum Gasteiger partial charge on any atom is -0.351 e. The summed E-state index contributed by atoms with van der Waals surface area (Å²) < 4.78 is 26.6. The lowest BCUT2D eigenvalue weighted by atomic mass is 9.90. The predicted octanol–water partition coefficient (Wildman–Crippen LogP) is 3.55. The number of hydrogen-bond acceptors (Lipinski definition) is 2. The van der Waals surface area contributed by atoms with E-state index < -0.39 is 28.9 Å².